The number of carbonyl (C=O) groups excluding carboxylic acids is 2. The summed E-state index contributed by atoms with van der Waals surface area (Å²) in [5.41, 5.74) is 2.59. The summed E-state index contributed by atoms with van der Waals surface area (Å²) in [5.74, 6) is 1.90. The van der Waals surface area contributed by atoms with Crippen LogP contribution in [-0.2, 0) is 16.1 Å². The number of esters is 1. The van der Waals surface area contributed by atoms with E-state index in [9.17, 15) is 9.59 Å². The van der Waals surface area contributed by atoms with E-state index in [1.165, 1.54) is 19.3 Å². The van der Waals surface area contributed by atoms with Crippen molar-refractivity contribution in [2.75, 3.05) is 35.0 Å². The number of carbonyl (C=O) groups is 2. The van der Waals surface area contributed by atoms with Crippen LogP contribution in [0, 0.1) is 5.92 Å². The van der Waals surface area contributed by atoms with Crippen LogP contribution in [-0.4, -0.2) is 56.8 Å². The van der Waals surface area contributed by atoms with Gasteiger partial charge in [0.2, 0.25) is 0 Å². The Morgan fingerprint density at radius 3 is 2.34 bits per heavy atom. The minimum Gasteiger partial charge on any atom is -0.497 e. The largest absolute Gasteiger partial charge is 0.497 e. The highest BCUT2D eigenvalue weighted by Gasteiger charge is 2.41. The van der Waals surface area contributed by atoms with Crippen molar-refractivity contribution in [3.63, 3.8) is 0 Å². The van der Waals surface area contributed by atoms with Crippen LogP contribution < -0.4 is 14.2 Å². The number of urea groups is 1. The lowest BCUT2D eigenvalue weighted by Crippen LogP contribution is -2.48. The molecule has 2 aromatic rings. The Balaban J connectivity index is 1.72. The van der Waals surface area contributed by atoms with Gasteiger partial charge in [0, 0.05) is 24.4 Å². The number of amides is 2. The third-order valence-corrected chi connectivity index (χ3v) is 7.62. The average Bonchev–Trinajstić information content (AvgIpc) is 2.96. The monoisotopic (exact) mass is 522 g/mol. The van der Waals surface area contributed by atoms with E-state index in [0.29, 0.717) is 41.0 Å². The second kappa shape index (κ2) is 12.2. The van der Waals surface area contributed by atoms with E-state index in [-0.39, 0.29) is 12.6 Å². The molecule has 2 aromatic carbocycles. The molecule has 0 N–H and O–H groups in total. The minimum atomic E-state index is -0.606. The van der Waals surface area contributed by atoms with Crippen LogP contribution in [0.15, 0.2) is 53.7 Å². The smallest absolute Gasteiger partial charge is 0.338 e. The van der Waals surface area contributed by atoms with E-state index in [0.717, 1.165) is 24.0 Å². The van der Waals surface area contributed by atoms with Gasteiger partial charge in [-0.2, -0.15) is 0 Å². The van der Waals surface area contributed by atoms with E-state index < -0.39 is 12.0 Å². The summed E-state index contributed by atoms with van der Waals surface area (Å²) in [5, 5.41) is 0. The Bertz CT molecular complexity index is 1190. The van der Waals surface area contributed by atoms with Gasteiger partial charge < -0.3 is 23.8 Å². The summed E-state index contributed by atoms with van der Waals surface area (Å²) in [6.45, 7) is 2.43. The summed E-state index contributed by atoms with van der Waals surface area (Å²) >= 11 is 0. The number of hydrogen-bond donors (Lipinski definition) is 0. The molecule has 1 heterocycles. The molecule has 8 nitrogen and oxygen atoms in total. The van der Waals surface area contributed by atoms with Gasteiger partial charge in [-0.15, -0.1) is 0 Å². The van der Waals surface area contributed by atoms with Crippen LogP contribution in [0.2, 0.25) is 0 Å². The molecule has 0 saturated heterocycles. The fourth-order valence-electron chi connectivity index (χ4n) is 5.41. The molecule has 8 heteroatoms. The first kappa shape index (κ1) is 27.4. The SMILES string of the molecule is COc1cccc(C2C(C(=O)OCC3CCCCC3)=C(C)N(Cc3ccc(OC)cc3OC)C(=O)N2C)c1. The Labute approximate surface area is 225 Å². The molecule has 0 spiro atoms. The molecule has 2 aliphatic rings. The predicted molar refractivity (Wildman–Crippen MR) is 144 cm³/mol. The second-order valence-corrected chi connectivity index (χ2v) is 9.94. The minimum absolute atomic E-state index is 0.225. The molecule has 1 saturated carbocycles. The van der Waals surface area contributed by atoms with Gasteiger partial charge in [0.15, 0.2) is 0 Å². The van der Waals surface area contributed by atoms with Crippen molar-refractivity contribution in [2.24, 2.45) is 5.92 Å². The van der Waals surface area contributed by atoms with Crippen LogP contribution >= 0.6 is 0 Å². The molecule has 2 amide bonds. The molecule has 1 atom stereocenters. The van der Waals surface area contributed by atoms with E-state index in [1.54, 1.807) is 44.2 Å². The highest BCUT2D eigenvalue weighted by molar-refractivity contribution is 5.95. The van der Waals surface area contributed by atoms with Crippen molar-refractivity contribution in [3.8, 4) is 17.2 Å². The lowest BCUT2D eigenvalue weighted by Gasteiger charge is -2.41. The van der Waals surface area contributed by atoms with Crippen LogP contribution in [0.5, 0.6) is 17.2 Å². The highest BCUT2D eigenvalue weighted by atomic mass is 16.5. The Kier molecular flexibility index (Phi) is 8.81. The molecular formula is C30H38N2O6. The topological polar surface area (TPSA) is 77.5 Å². The van der Waals surface area contributed by atoms with Crippen molar-refractivity contribution >= 4 is 12.0 Å². The number of hydrogen-bond acceptors (Lipinski definition) is 6. The van der Waals surface area contributed by atoms with Crippen LogP contribution in [0.25, 0.3) is 0 Å². The second-order valence-electron chi connectivity index (χ2n) is 9.94. The number of rotatable bonds is 9. The molecule has 0 aromatic heterocycles. The fraction of sp³-hybridized carbons (Fsp3) is 0.467. The maximum absolute atomic E-state index is 13.7. The first-order chi connectivity index (χ1) is 18.4. The van der Waals surface area contributed by atoms with Crippen molar-refractivity contribution in [3.05, 3.63) is 64.9 Å². The van der Waals surface area contributed by atoms with Crippen molar-refractivity contribution < 1.29 is 28.5 Å². The molecule has 1 fully saturated rings. The summed E-state index contributed by atoms with van der Waals surface area (Å²) in [7, 11) is 6.48. The van der Waals surface area contributed by atoms with Crippen LogP contribution in [0.3, 0.4) is 0 Å². The zero-order valence-corrected chi connectivity index (χ0v) is 23.0. The van der Waals surface area contributed by atoms with E-state index in [2.05, 4.69) is 0 Å². The van der Waals surface area contributed by atoms with Crippen LogP contribution in [0.4, 0.5) is 4.79 Å². The molecule has 0 bridgehead atoms. The molecule has 38 heavy (non-hydrogen) atoms. The molecule has 1 aliphatic carbocycles. The Hall–Kier alpha value is -3.68. The third-order valence-electron chi connectivity index (χ3n) is 7.62. The average molecular weight is 523 g/mol. The molecular weight excluding hydrogens is 484 g/mol. The van der Waals surface area contributed by atoms with Crippen molar-refractivity contribution in [1.29, 1.82) is 0 Å². The Morgan fingerprint density at radius 1 is 0.947 bits per heavy atom. The highest BCUT2D eigenvalue weighted by Crippen LogP contribution is 2.39. The summed E-state index contributed by atoms with van der Waals surface area (Å²) in [4.78, 5) is 30.7. The first-order valence-electron chi connectivity index (χ1n) is 13.1. The zero-order chi connectivity index (χ0) is 27.2. The number of nitrogens with zero attached hydrogens (tertiary/aromatic N) is 2. The standard InChI is InChI=1S/C30H38N2O6/c1-20-27(29(33)38-19-21-10-7-6-8-11-21)28(22-12-9-13-24(16-22)35-3)31(2)30(34)32(20)18-23-14-15-25(36-4)17-26(23)37-5/h9,12-17,21,28H,6-8,10-11,18-19H2,1-5H3. The first-order valence-corrected chi connectivity index (χ1v) is 13.1. The third kappa shape index (κ3) is 5.74. The van der Waals surface area contributed by atoms with Gasteiger partial charge in [-0.05, 0) is 55.5 Å². The van der Waals surface area contributed by atoms with Gasteiger partial charge in [0.1, 0.15) is 17.2 Å². The van der Waals surface area contributed by atoms with Crippen molar-refractivity contribution in [2.45, 2.75) is 51.6 Å². The fourth-order valence-corrected chi connectivity index (χ4v) is 5.41. The number of ether oxygens (including phenoxy) is 4. The van der Waals surface area contributed by atoms with Crippen molar-refractivity contribution in [1.82, 2.24) is 9.80 Å². The molecule has 1 unspecified atom stereocenters. The molecule has 1 aliphatic heterocycles. The number of benzene rings is 2. The van der Waals surface area contributed by atoms with Gasteiger partial charge in [0.25, 0.3) is 0 Å². The van der Waals surface area contributed by atoms with Gasteiger partial charge in [0.05, 0.1) is 46.1 Å². The number of likely N-dealkylation sites (N-methyl/N-ethyl adjacent to an activating group) is 1. The maximum atomic E-state index is 13.7. The molecule has 204 valence electrons. The quantitative estimate of drug-likeness (QED) is 0.392. The summed E-state index contributed by atoms with van der Waals surface area (Å²) in [6, 6.07) is 12.1. The normalized spacial score (nSPS) is 18.4. The summed E-state index contributed by atoms with van der Waals surface area (Å²) in [6.07, 6.45) is 5.73. The predicted octanol–water partition coefficient (Wildman–Crippen LogP) is 5.72. The molecule has 4 rings (SSSR count). The Morgan fingerprint density at radius 2 is 1.66 bits per heavy atom. The number of allylic oxidation sites excluding steroid dienone is 1. The van der Waals surface area contributed by atoms with E-state index in [4.69, 9.17) is 18.9 Å². The number of methoxy groups -OCH3 is 3. The summed E-state index contributed by atoms with van der Waals surface area (Å²) < 4.78 is 22.2. The molecule has 0 radical (unpaired) electrons. The van der Waals surface area contributed by atoms with Crippen LogP contribution in [0.1, 0.15) is 56.2 Å². The van der Waals surface area contributed by atoms with E-state index >= 15 is 0 Å². The maximum Gasteiger partial charge on any atom is 0.338 e. The van der Waals surface area contributed by atoms with Gasteiger partial charge in [-0.3, -0.25) is 4.90 Å². The van der Waals surface area contributed by atoms with Gasteiger partial charge in [-0.1, -0.05) is 31.4 Å². The van der Waals surface area contributed by atoms with E-state index in [1.807, 2.05) is 43.3 Å². The lowest BCUT2D eigenvalue weighted by molar-refractivity contribution is -0.141. The zero-order valence-electron chi connectivity index (χ0n) is 23.0. The van der Waals surface area contributed by atoms with Gasteiger partial charge in [-0.25, -0.2) is 9.59 Å². The lowest BCUT2D eigenvalue weighted by atomic mass is 9.90. The van der Waals surface area contributed by atoms with Gasteiger partial charge >= 0.3 is 12.0 Å².